The molecule has 0 bridgehead atoms. The second-order valence-electron chi connectivity index (χ2n) is 4.63. The monoisotopic (exact) mass is 223 g/mol. The van der Waals surface area contributed by atoms with E-state index in [0.29, 0.717) is 0 Å². The van der Waals surface area contributed by atoms with Crippen molar-refractivity contribution in [3.05, 3.63) is 34.6 Å². The fourth-order valence-electron chi connectivity index (χ4n) is 2.11. The van der Waals surface area contributed by atoms with Gasteiger partial charge in [0.2, 0.25) is 0 Å². The van der Waals surface area contributed by atoms with Gasteiger partial charge in [-0.25, -0.2) is 4.39 Å². The highest BCUT2D eigenvalue weighted by molar-refractivity contribution is 5.32. The third-order valence-corrected chi connectivity index (χ3v) is 2.99. The van der Waals surface area contributed by atoms with Gasteiger partial charge in [-0.15, -0.1) is 0 Å². The summed E-state index contributed by atoms with van der Waals surface area (Å²) in [4.78, 5) is 0. The maximum atomic E-state index is 13.7. The van der Waals surface area contributed by atoms with Gasteiger partial charge in [0.05, 0.1) is 0 Å². The molecular formula is C14H22FN. The number of hydrogen-bond acceptors (Lipinski definition) is 1. The Hall–Kier alpha value is -0.890. The predicted molar refractivity (Wildman–Crippen MR) is 67.1 cm³/mol. The summed E-state index contributed by atoms with van der Waals surface area (Å²) < 4.78 is 13.7. The molecular weight excluding hydrogens is 201 g/mol. The van der Waals surface area contributed by atoms with Crippen LogP contribution in [0.4, 0.5) is 4.39 Å². The second-order valence-corrected chi connectivity index (χ2v) is 4.63. The van der Waals surface area contributed by atoms with E-state index in [9.17, 15) is 4.39 Å². The highest BCUT2D eigenvalue weighted by Crippen LogP contribution is 2.18. The van der Waals surface area contributed by atoms with E-state index in [1.807, 2.05) is 19.9 Å². The van der Waals surface area contributed by atoms with Crippen molar-refractivity contribution in [1.82, 2.24) is 0 Å². The molecule has 1 aromatic carbocycles. The minimum atomic E-state index is -0.0822. The molecule has 0 radical (unpaired) electrons. The van der Waals surface area contributed by atoms with Gasteiger partial charge in [0, 0.05) is 6.04 Å². The lowest BCUT2D eigenvalue weighted by atomic mass is 9.97. The molecule has 0 aliphatic heterocycles. The van der Waals surface area contributed by atoms with Crippen molar-refractivity contribution in [2.75, 3.05) is 0 Å². The van der Waals surface area contributed by atoms with Crippen LogP contribution in [0.25, 0.3) is 0 Å². The number of rotatable bonds is 5. The average Bonchev–Trinajstić information content (AvgIpc) is 2.16. The van der Waals surface area contributed by atoms with E-state index in [-0.39, 0.29) is 11.9 Å². The summed E-state index contributed by atoms with van der Waals surface area (Å²) >= 11 is 0. The van der Waals surface area contributed by atoms with E-state index in [1.54, 1.807) is 6.07 Å². The number of hydrogen-bond donors (Lipinski definition) is 1. The molecule has 0 aliphatic rings. The summed E-state index contributed by atoms with van der Waals surface area (Å²) in [7, 11) is 0. The maximum absolute atomic E-state index is 13.7. The molecule has 1 nitrogen and oxygen atoms in total. The Labute approximate surface area is 97.9 Å². The van der Waals surface area contributed by atoms with Gasteiger partial charge in [-0.3, -0.25) is 0 Å². The van der Waals surface area contributed by atoms with Crippen molar-refractivity contribution < 1.29 is 4.39 Å². The Morgan fingerprint density at radius 2 is 1.94 bits per heavy atom. The molecule has 0 aliphatic carbocycles. The first-order chi connectivity index (χ1) is 7.54. The molecule has 16 heavy (non-hydrogen) atoms. The van der Waals surface area contributed by atoms with Crippen LogP contribution in [0.15, 0.2) is 12.1 Å². The second kappa shape index (κ2) is 6.00. The van der Waals surface area contributed by atoms with Crippen LogP contribution in [0.5, 0.6) is 0 Å². The van der Waals surface area contributed by atoms with Crippen molar-refractivity contribution in [2.24, 2.45) is 5.73 Å². The van der Waals surface area contributed by atoms with Crippen LogP contribution in [-0.2, 0) is 6.42 Å². The molecule has 0 amide bonds. The first-order valence-electron chi connectivity index (χ1n) is 6.05. The lowest BCUT2D eigenvalue weighted by molar-refractivity contribution is 0.543. The van der Waals surface area contributed by atoms with Crippen molar-refractivity contribution in [3.63, 3.8) is 0 Å². The predicted octanol–water partition coefficient (Wildman–Crippen LogP) is 3.50. The molecule has 0 heterocycles. The fraction of sp³-hybridized carbons (Fsp3) is 0.571. The topological polar surface area (TPSA) is 26.0 Å². The van der Waals surface area contributed by atoms with Crippen LogP contribution in [0, 0.1) is 19.7 Å². The molecule has 1 atom stereocenters. The zero-order valence-corrected chi connectivity index (χ0v) is 10.5. The molecule has 1 aromatic rings. The first kappa shape index (κ1) is 13.2. The van der Waals surface area contributed by atoms with Crippen molar-refractivity contribution >= 4 is 0 Å². The molecule has 2 N–H and O–H groups in total. The Kier molecular flexibility index (Phi) is 4.94. The van der Waals surface area contributed by atoms with Crippen LogP contribution < -0.4 is 5.73 Å². The van der Waals surface area contributed by atoms with E-state index in [1.165, 1.54) is 0 Å². The van der Waals surface area contributed by atoms with Gasteiger partial charge < -0.3 is 5.73 Å². The van der Waals surface area contributed by atoms with Gasteiger partial charge in [0.15, 0.2) is 0 Å². The Bertz CT molecular complexity index is 324. The van der Waals surface area contributed by atoms with Gasteiger partial charge in [-0.05, 0) is 55.9 Å². The molecule has 0 saturated heterocycles. The normalized spacial score (nSPS) is 12.8. The Morgan fingerprint density at radius 1 is 1.25 bits per heavy atom. The molecule has 0 spiro atoms. The fourth-order valence-corrected chi connectivity index (χ4v) is 2.11. The summed E-state index contributed by atoms with van der Waals surface area (Å²) in [6, 6.07) is 3.84. The standard InChI is InChI=1S/C14H22FN/c1-4-5-12(16)6-7-13-11(3)8-10(2)9-14(13)15/h8-9,12H,4-7,16H2,1-3H3. The van der Waals surface area contributed by atoms with Gasteiger partial charge >= 0.3 is 0 Å². The van der Waals surface area contributed by atoms with E-state index >= 15 is 0 Å². The molecule has 0 aromatic heterocycles. The van der Waals surface area contributed by atoms with Gasteiger partial charge in [-0.1, -0.05) is 19.4 Å². The summed E-state index contributed by atoms with van der Waals surface area (Å²) in [6.07, 6.45) is 3.73. The third-order valence-electron chi connectivity index (χ3n) is 2.99. The zero-order chi connectivity index (χ0) is 12.1. The molecule has 0 fully saturated rings. The third kappa shape index (κ3) is 3.60. The number of benzene rings is 1. The van der Waals surface area contributed by atoms with Gasteiger partial charge in [0.1, 0.15) is 5.82 Å². The van der Waals surface area contributed by atoms with Gasteiger partial charge in [-0.2, -0.15) is 0 Å². The molecule has 0 saturated carbocycles. The highest BCUT2D eigenvalue weighted by atomic mass is 19.1. The Balaban J connectivity index is 2.67. The Morgan fingerprint density at radius 3 is 2.50 bits per heavy atom. The number of halogens is 1. The van der Waals surface area contributed by atoms with Gasteiger partial charge in [0.25, 0.3) is 0 Å². The average molecular weight is 223 g/mol. The number of aryl methyl sites for hydroxylation is 2. The van der Waals surface area contributed by atoms with Crippen molar-refractivity contribution in [3.8, 4) is 0 Å². The maximum Gasteiger partial charge on any atom is 0.126 e. The summed E-state index contributed by atoms with van der Waals surface area (Å²) in [5.74, 6) is -0.0822. The van der Waals surface area contributed by atoms with E-state index in [4.69, 9.17) is 5.73 Å². The van der Waals surface area contributed by atoms with Crippen LogP contribution in [0.1, 0.15) is 42.9 Å². The summed E-state index contributed by atoms with van der Waals surface area (Å²) in [5.41, 5.74) is 8.80. The van der Waals surface area contributed by atoms with Crippen LogP contribution in [-0.4, -0.2) is 6.04 Å². The zero-order valence-electron chi connectivity index (χ0n) is 10.5. The number of nitrogens with two attached hydrogens (primary N) is 1. The highest BCUT2D eigenvalue weighted by Gasteiger charge is 2.09. The van der Waals surface area contributed by atoms with Crippen LogP contribution in [0.2, 0.25) is 0 Å². The van der Waals surface area contributed by atoms with Crippen LogP contribution >= 0.6 is 0 Å². The summed E-state index contributed by atoms with van der Waals surface area (Å²) in [5, 5.41) is 0. The smallest absolute Gasteiger partial charge is 0.126 e. The molecule has 2 heteroatoms. The first-order valence-corrected chi connectivity index (χ1v) is 6.05. The van der Waals surface area contributed by atoms with E-state index < -0.39 is 0 Å². The van der Waals surface area contributed by atoms with Crippen molar-refractivity contribution in [2.45, 2.75) is 52.5 Å². The largest absolute Gasteiger partial charge is 0.328 e. The van der Waals surface area contributed by atoms with Crippen molar-refractivity contribution in [1.29, 1.82) is 0 Å². The molecule has 1 rings (SSSR count). The molecule has 1 unspecified atom stereocenters. The minimum Gasteiger partial charge on any atom is -0.328 e. The van der Waals surface area contributed by atoms with E-state index in [0.717, 1.165) is 42.4 Å². The lowest BCUT2D eigenvalue weighted by Gasteiger charge is -2.12. The lowest BCUT2D eigenvalue weighted by Crippen LogP contribution is -2.20. The van der Waals surface area contributed by atoms with E-state index in [2.05, 4.69) is 6.92 Å². The summed E-state index contributed by atoms with van der Waals surface area (Å²) in [6.45, 7) is 6.01. The quantitative estimate of drug-likeness (QED) is 0.812. The van der Waals surface area contributed by atoms with Crippen LogP contribution in [0.3, 0.4) is 0 Å². The minimum absolute atomic E-state index is 0.0822. The molecule has 90 valence electrons. The SMILES string of the molecule is CCCC(N)CCc1c(C)cc(C)cc1F.